The van der Waals surface area contributed by atoms with Gasteiger partial charge < -0.3 is 15.5 Å². The lowest BCUT2D eigenvalue weighted by Crippen LogP contribution is -2.73. The van der Waals surface area contributed by atoms with Gasteiger partial charge in [0.2, 0.25) is 0 Å². The zero-order valence-corrected chi connectivity index (χ0v) is 16.1. The van der Waals surface area contributed by atoms with Crippen molar-refractivity contribution in [3.8, 4) is 0 Å². The summed E-state index contributed by atoms with van der Waals surface area (Å²) >= 11 is 0. The third-order valence-corrected chi connectivity index (χ3v) is 5.29. The number of Topliss-reactive ketones (excluding diaryl/α,β-unsaturated/α-hetero) is 1. The molecule has 3 N–H and O–H groups in total. The molecule has 0 aromatic rings. The second-order valence-electron chi connectivity index (χ2n) is 8.86. The van der Waals surface area contributed by atoms with E-state index in [2.05, 4.69) is 15.5 Å². The third kappa shape index (κ3) is 2.61. The maximum absolute atomic E-state index is 12.5. The zero-order valence-electron chi connectivity index (χ0n) is 16.1. The number of amides is 1. The Morgan fingerprint density at radius 1 is 1.04 bits per heavy atom. The zero-order chi connectivity index (χ0) is 19.7. The lowest BCUT2D eigenvalue weighted by atomic mass is 9.82. The summed E-state index contributed by atoms with van der Waals surface area (Å²) in [5.41, 5.74) is -1.89. The molecule has 0 radical (unpaired) electrons. The standard InChI is InChI=1S/C17H27N5O4/c1-9(23)10-7-16(5)13(25)22-17(6,14(26)21(16)19-10)8-11(20-22)12(24)18-15(2,3)4/h13-14,25-26H,7-8H2,1-6H3,(H,18,24)/t13-,14-,16?,17?/m1/s1. The molecule has 0 saturated carbocycles. The highest BCUT2D eigenvalue weighted by atomic mass is 16.3. The number of nitrogens with one attached hydrogen (secondary N) is 1. The summed E-state index contributed by atoms with van der Waals surface area (Å²) in [6.45, 7) is 10.5. The van der Waals surface area contributed by atoms with E-state index in [9.17, 15) is 19.8 Å². The number of carbonyl (C=O) groups is 2. The molecule has 3 aliphatic rings. The van der Waals surface area contributed by atoms with Crippen LogP contribution in [0.4, 0.5) is 0 Å². The number of fused-ring (bicyclic) bond motifs is 2. The van der Waals surface area contributed by atoms with Gasteiger partial charge in [0.1, 0.15) is 22.5 Å². The Morgan fingerprint density at radius 2 is 1.46 bits per heavy atom. The van der Waals surface area contributed by atoms with E-state index in [4.69, 9.17) is 0 Å². The molecular formula is C17H27N5O4. The first-order chi connectivity index (χ1) is 11.8. The van der Waals surface area contributed by atoms with Crippen molar-refractivity contribution in [3.05, 3.63) is 0 Å². The maximum atomic E-state index is 12.5. The van der Waals surface area contributed by atoms with E-state index >= 15 is 0 Å². The Balaban J connectivity index is 1.94. The number of nitrogens with zero attached hydrogens (tertiary/aromatic N) is 4. The molecule has 3 aliphatic heterocycles. The molecule has 4 atom stereocenters. The van der Waals surface area contributed by atoms with Crippen LogP contribution < -0.4 is 5.32 Å². The SMILES string of the molecule is CC(=O)C1=NN2[C@H](O)C3(C)CC(C(=O)NC(C)(C)C)=NN3[C@H](O)C2(C)C1. The van der Waals surface area contributed by atoms with Gasteiger partial charge in [0.05, 0.1) is 0 Å². The summed E-state index contributed by atoms with van der Waals surface area (Å²) < 4.78 is 0. The number of hydrogen-bond donors (Lipinski definition) is 3. The van der Waals surface area contributed by atoms with Crippen molar-refractivity contribution in [2.75, 3.05) is 0 Å². The van der Waals surface area contributed by atoms with Gasteiger partial charge in [0.25, 0.3) is 5.91 Å². The average Bonchev–Trinajstić information content (AvgIpc) is 3.03. The van der Waals surface area contributed by atoms with Gasteiger partial charge in [-0.25, -0.2) is 0 Å². The summed E-state index contributed by atoms with van der Waals surface area (Å²) in [7, 11) is 0. The number of aliphatic hydroxyl groups is 2. The molecule has 9 nitrogen and oxygen atoms in total. The number of ketones is 1. The molecule has 144 valence electrons. The maximum Gasteiger partial charge on any atom is 0.267 e. The van der Waals surface area contributed by atoms with Gasteiger partial charge in [-0.1, -0.05) is 0 Å². The average molecular weight is 365 g/mol. The fraction of sp³-hybridized carbons (Fsp3) is 0.765. The fourth-order valence-electron chi connectivity index (χ4n) is 3.75. The molecule has 3 rings (SSSR count). The van der Waals surface area contributed by atoms with Crippen LogP contribution in [0.2, 0.25) is 0 Å². The Hall–Kier alpha value is -2.00. The van der Waals surface area contributed by atoms with Crippen LogP contribution in [0.25, 0.3) is 0 Å². The molecule has 0 spiro atoms. The van der Waals surface area contributed by atoms with Gasteiger partial charge in [0, 0.05) is 25.3 Å². The molecule has 3 heterocycles. The Bertz CT molecular complexity index is 727. The predicted molar refractivity (Wildman–Crippen MR) is 95.2 cm³/mol. The van der Waals surface area contributed by atoms with Crippen molar-refractivity contribution in [1.29, 1.82) is 0 Å². The molecule has 9 heteroatoms. The molecule has 0 aromatic heterocycles. The quantitative estimate of drug-likeness (QED) is 0.623. The Morgan fingerprint density at radius 3 is 1.88 bits per heavy atom. The summed E-state index contributed by atoms with van der Waals surface area (Å²) in [6.07, 6.45) is -1.90. The van der Waals surface area contributed by atoms with Gasteiger partial charge in [-0.3, -0.25) is 19.6 Å². The van der Waals surface area contributed by atoms with Crippen molar-refractivity contribution in [1.82, 2.24) is 15.3 Å². The summed E-state index contributed by atoms with van der Waals surface area (Å²) in [5.74, 6) is -0.523. The lowest BCUT2D eigenvalue weighted by molar-refractivity contribution is -0.256. The highest BCUT2D eigenvalue weighted by Crippen LogP contribution is 2.47. The second-order valence-corrected chi connectivity index (χ2v) is 8.86. The van der Waals surface area contributed by atoms with E-state index in [1.807, 2.05) is 20.8 Å². The smallest absolute Gasteiger partial charge is 0.267 e. The number of rotatable bonds is 2. The number of aliphatic hydroxyl groups excluding tert-OH is 2. The van der Waals surface area contributed by atoms with Gasteiger partial charge in [-0.15, -0.1) is 0 Å². The highest BCUT2D eigenvalue weighted by Gasteiger charge is 2.64. The van der Waals surface area contributed by atoms with Gasteiger partial charge in [-0.05, 0) is 34.6 Å². The molecule has 0 aromatic carbocycles. The van der Waals surface area contributed by atoms with E-state index in [1.54, 1.807) is 13.8 Å². The largest absolute Gasteiger partial charge is 0.370 e. The lowest BCUT2D eigenvalue weighted by Gasteiger charge is -2.56. The minimum absolute atomic E-state index is 0.157. The minimum Gasteiger partial charge on any atom is -0.370 e. The summed E-state index contributed by atoms with van der Waals surface area (Å²) in [5, 5.41) is 36.2. The van der Waals surface area contributed by atoms with Crippen molar-refractivity contribution in [3.63, 3.8) is 0 Å². The fourth-order valence-corrected chi connectivity index (χ4v) is 3.75. The van der Waals surface area contributed by atoms with E-state index in [0.29, 0.717) is 5.71 Å². The number of hydrazone groups is 2. The number of hydrogen-bond acceptors (Lipinski definition) is 8. The van der Waals surface area contributed by atoms with Crippen LogP contribution >= 0.6 is 0 Å². The van der Waals surface area contributed by atoms with Crippen LogP contribution in [0.15, 0.2) is 10.2 Å². The topological polar surface area (TPSA) is 118 Å². The van der Waals surface area contributed by atoms with Crippen molar-refractivity contribution >= 4 is 23.1 Å². The van der Waals surface area contributed by atoms with Crippen LogP contribution in [0.1, 0.15) is 54.4 Å². The van der Waals surface area contributed by atoms with Crippen LogP contribution in [0, 0.1) is 0 Å². The van der Waals surface area contributed by atoms with E-state index in [-0.39, 0.29) is 30.2 Å². The van der Waals surface area contributed by atoms with Crippen LogP contribution in [-0.2, 0) is 9.59 Å². The number of carbonyl (C=O) groups excluding carboxylic acids is 2. The van der Waals surface area contributed by atoms with E-state index < -0.39 is 29.1 Å². The monoisotopic (exact) mass is 365 g/mol. The molecule has 0 bridgehead atoms. The molecule has 1 fully saturated rings. The van der Waals surface area contributed by atoms with E-state index in [1.165, 1.54) is 16.9 Å². The Labute approximate surface area is 152 Å². The van der Waals surface area contributed by atoms with Crippen LogP contribution in [-0.4, -0.2) is 72.4 Å². The molecule has 0 aliphatic carbocycles. The van der Waals surface area contributed by atoms with E-state index in [0.717, 1.165) is 0 Å². The highest BCUT2D eigenvalue weighted by molar-refractivity contribution is 6.40. The number of piperazine rings is 1. The van der Waals surface area contributed by atoms with Crippen molar-refractivity contribution in [2.45, 2.75) is 83.5 Å². The predicted octanol–water partition coefficient (Wildman–Crippen LogP) is -0.219. The van der Waals surface area contributed by atoms with Gasteiger partial charge >= 0.3 is 0 Å². The van der Waals surface area contributed by atoms with Crippen molar-refractivity contribution < 1.29 is 19.8 Å². The molecular weight excluding hydrogens is 338 g/mol. The minimum atomic E-state index is -1.13. The molecule has 2 unspecified atom stereocenters. The normalized spacial score (nSPS) is 36.3. The molecule has 1 amide bonds. The molecule has 26 heavy (non-hydrogen) atoms. The van der Waals surface area contributed by atoms with Gasteiger partial charge in [0.15, 0.2) is 18.2 Å². The first-order valence-electron chi connectivity index (χ1n) is 8.73. The first-order valence-corrected chi connectivity index (χ1v) is 8.73. The first kappa shape index (κ1) is 18.8. The van der Waals surface area contributed by atoms with Crippen molar-refractivity contribution in [2.24, 2.45) is 10.2 Å². The third-order valence-electron chi connectivity index (χ3n) is 5.29. The van der Waals surface area contributed by atoms with Crippen LogP contribution in [0.5, 0.6) is 0 Å². The Kier molecular flexibility index (Phi) is 3.97. The second kappa shape index (κ2) is 5.50. The summed E-state index contributed by atoms with van der Waals surface area (Å²) in [4.78, 5) is 24.2. The summed E-state index contributed by atoms with van der Waals surface area (Å²) in [6, 6.07) is 0. The molecule has 1 saturated heterocycles. The van der Waals surface area contributed by atoms with Crippen LogP contribution in [0.3, 0.4) is 0 Å². The van der Waals surface area contributed by atoms with Gasteiger partial charge in [-0.2, -0.15) is 10.2 Å².